The molecule has 18 heavy (non-hydrogen) atoms. The maximum atomic E-state index is 11.7. The van der Waals surface area contributed by atoms with Crippen LogP contribution in [0.15, 0.2) is 29.2 Å². The number of benzene rings is 1. The van der Waals surface area contributed by atoms with Crippen LogP contribution in [-0.4, -0.2) is 30.9 Å². The smallest absolute Gasteiger partial charge is 0.323 e. The monoisotopic (exact) mass is 265 g/mol. The van der Waals surface area contributed by atoms with Crippen LogP contribution in [0.25, 0.3) is 0 Å². The molecule has 0 amide bonds. The van der Waals surface area contributed by atoms with Crippen molar-refractivity contribution in [1.29, 1.82) is 0 Å². The average molecular weight is 265 g/mol. The van der Waals surface area contributed by atoms with Crippen molar-refractivity contribution >= 4 is 17.7 Å². The third kappa shape index (κ3) is 4.03. The molecule has 1 aromatic carbocycles. The average Bonchev–Trinajstić information content (AvgIpc) is 3.17. The van der Waals surface area contributed by atoms with E-state index in [-0.39, 0.29) is 12.0 Å². The first kappa shape index (κ1) is 13.4. The van der Waals surface area contributed by atoms with E-state index in [1.807, 2.05) is 6.07 Å². The van der Waals surface area contributed by atoms with Crippen LogP contribution in [0.3, 0.4) is 0 Å². The fraction of sp³-hybridized carbons (Fsp3) is 0.500. The van der Waals surface area contributed by atoms with E-state index in [1.165, 1.54) is 30.4 Å². The maximum absolute atomic E-state index is 11.7. The molecule has 1 aliphatic carbocycles. The molecule has 1 aromatic rings. The molecule has 1 unspecified atom stereocenters. The molecule has 0 spiro atoms. The van der Waals surface area contributed by atoms with Crippen molar-refractivity contribution in [3.05, 3.63) is 29.8 Å². The van der Waals surface area contributed by atoms with Gasteiger partial charge in [-0.3, -0.25) is 4.79 Å². The molecule has 1 aliphatic rings. The van der Waals surface area contributed by atoms with Gasteiger partial charge in [-0.2, -0.15) is 0 Å². The Morgan fingerprint density at radius 2 is 2.33 bits per heavy atom. The summed E-state index contributed by atoms with van der Waals surface area (Å²) in [5.41, 5.74) is 1.24. The highest BCUT2D eigenvalue weighted by Crippen LogP contribution is 2.23. The number of ether oxygens (including phenoxy) is 1. The lowest BCUT2D eigenvalue weighted by atomic mass is 10.2. The number of thioether (sulfide) groups is 1. The SMILES string of the molecule is COC(=O)C(CSc1cccc(C)c1)NC1CC1. The number of esters is 1. The van der Waals surface area contributed by atoms with Gasteiger partial charge < -0.3 is 10.1 Å². The first-order valence-electron chi connectivity index (χ1n) is 6.22. The lowest BCUT2D eigenvalue weighted by molar-refractivity contribution is -0.142. The van der Waals surface area contributed by atoms with Gasteiger partial charge in [0, 0.05) is 16.7 Å². The molecule has 4 heteroatoms. The highest BCUT2D eigenvalue weighted by atomic mass is 32.2. The number of carbonyl (C=O) groups excluding carboxylic acids is 1. The van der Waals surface area contributed by atoms with Gasteiger partial charge in [-0.25, -0.2) is 0 Å². The van der Waals surface area contributed by atoms with Crippen LogP contribution in [0.2, 0.25) is 0 Å². The Kier molecular flexibility index (Phi) is 4.66. The molecule has 0 aromatic heterocycles. The van der Waals surface area contributed by atoms with Crippen molar-refractivity contribution in [2.45, 2.75) is 36.7 Å². The Morgan fingerprint density at radius 3 is 2.94 bits per heavy atom. The zero-order chi connectivity index (χ0) is 13.0. The Morgan fingerprint density at radius 1 is 1.56 bits per heavy atom. The minimum Gasteiger partial charge on any atom is -0.468 e. The molecule has 3 nitrogen and oxygen atoms in total. The number of hydrogen-bond acceptors (Lipinski definition) is 4. The largest absolute Gasteiger partial charge is 0.468 e. The van der Waals surface area contributed by atoms with E-state index in [0.29, 0.717) is 11.8 Å². The second-order valence-corrected chi connectivity index (χ2v) is 5.74. The van der Waals surface area contributed by atoms with Gasteiger partial charge >= 0.3 is 5.97 Å². The predicted octanol–water partition coefficient (Wildman–Crippen LogP) is 2.38. The highest BCUT2D eigenvalue weighted by molar-refractivity contribution is 7.99. The molecular weight excluding hydrogens is 246 g/mol. The topological polar surface area (TPSA) is 38.3 Å². The summed E-state index contributed by atoms with van der Waals surface area (Å²) in [6, 6.07) is 8.63. The summed E-state index contributed by atoms with van der Waals surface area (Å²) < 4.78 is 4.84. The number of hydrogen-bond donors (Lipinski definition) is 1. The third-order valence-corrected chi connectivity index (χ3v) is 3.99. The third-order valence-electron chi connectivity index (χ3n) is 2.91. The summed E-state index contributed by atoms with van der Waals surface area (Å²) in [6.45, 7) is 2.07. The normalized spacial score (nSPS) is 16.3. The summed E-state index contributed by atoms with van der Waals surface area (Å²) >= 11 is 1.69. The van der Waals surface area contributed by atoms with Gasteiger partial charge in [-0.15, -0.1) is 11.8 Å². The van der Waals surface area contributed by atoms with E-state index in [4.69, 9.17) is 4.74 Å². The molecule has 0 aliphatic heterocycles. The van der Waals surface area contributed by atoms with E-state index in [2.05, 4.69) is 30.4 Å². The van der Waals surface area contributed by atoms with Gasteiger partial charge in [-0.1, -0.05) is 17.7 Å². The highest BCUT2D eigenvalue weighted by Gasteiger charge is 2.28. The minimum absolute atomic E-state index is 0.165. The summed E-state index contributed by atoms with van der Waals surface area (Å²) in [6.07, 6.45) is 2.34. The van der Waals surface area contributed by atoms with Crippen molar-refractivity contribution in [3.63, 3.8) is 0 Å². The second kappa shape index (κ2) is 6.25. The zero-order valence-corrected chi connectivity index (χ0v) is 11.6. The molecule has 98 valence electrons. The molecule has 2 rings (SSSR count). The summed E-state index contributed by atoms with van der Waals surface area (Å²) in [4.78, 5) is 12.9. The molecule has 1 saturated carbocycles. The lowest BCUT2D eigenvalue weighted by Gasteiger charge is -2.15. The summed E-state index contributed by atoms with van der Waals surface area (Å²) in [5, 5.41) is 3.33. The molecule has 1 N–H and O–H groups in total. The predicted molar refractivity (Wildman–Crippen MR) is 73.9 cm³/mol. The van der Waals surface area contributed by atoms with E-state index in [1.54, 1.807) is 11.8 Å². The van der Waals surface area contributed by atoms with Crippen LogP contribution in [0.1, 0.15) is 18.4 Å². The van der Waals surface area contributed by atoms with Crippen LogP contribution in [-0.2, 0) is 9.53 Å². The van der Waals surface area contributed by atoms with Crippen molar-refractivity contribution < 1.29 is 9.53 Å². The first-order valence-corrected chi connectivity index (χ1v) is 7.21. The standard InChI is InChI=1S/C14H19NO2S/c1-10-4-3-5-12(8-10)18-9-13(14(16)17-2)15-11-6-7-11/h3-5,8,11,13,15H,6-7,9H2,1-2H3. The Hall–Kier alpha value is -1.00. The van der Waals surface area contributed by atoms with E-state index < -0.39 is 0 Å². The maximum Gasteiger partial charge on any atom is 0.323 e. The molecule has 0 heterocycles. The van der Waals surface area contributed by atoms with Gasteiger partial charge in [-0.05, 0) is 31.9 Å². The van der Waals surface area contributed by atoms with Crippen LogP contribution in [0.4, 0.5) is 0 Å². The molecule has 0 bridgehead atoms. The number of rotatable bonds is 6. The van der Waals surface area contributed by atoms with Gasteiger partial charge in [0.15, 0.2) is 0 Å². The number of aryl methyl sites for hydroxylation is 1. The molecule has 1 fully saturated rings. The second-order valence-electron chi connectivity index (χ2n) is 4.64. The number of nitrogens with one attached hydrogen (secondary N) is 1. The van der Waals surface area contributed by atoms with Gasteiger partial charge in [0.2, 0.25) is 0 Å². The lowest BCUT2D eigenvalue weighted by Crippen LogP contribution is -2.40. The number of methoxy groups -OCH3 is 1. The van der Waals surface area contributed by atoms with Crippen LogP contribution in [0.5, 0.6) is 0 Å². The van der Waals surface area contributed by atoms with Crippen LogP contribution in [0, 0.1) is 6.92 Å². The van der Waals surface area contributed by atoms with Crippen LogP contribution < -0.4 is 5.32 Å². The fourth-order valence-corrected chi connectivity index (χ4v) is 2.78. The Bertz CT molecular complexity index is 418. The van der Waals surface area contributed by atoms with Crippen LogP contribution >= 0.6 is 11.8 Å². The van der Waals surface area contributed by atoms with Gasteiger partial charge in [0.1, 0.15) is 6.04 Å². The van der Waals surface area contributed by atoms with E-state index in [0.717, 1.165) is 0 Å². The van der Waals surface area contributed by atoms with Crippen molar-refractivity contribution in [2.75, 3.05) is 12.9 Å². The van der Waals surface area contributed by atoms with Crippen molar-refractivity contribution in [3.8, 4) is 0 Å². The quantitative estimate of drug-likeness (QED) is 0.633. The van der Waals surface area contributed by atoms with E-state index >= 15 is 0 Å². The zero-order valence-electron chi connectivity index (χ0n) is 10.8. The Balaban J connectivity index is 1.89. The van der Waals surface area contributed by atoms with Crippen molar-refractivity contribution in [2.24, 2.45) is 0 Å². The number of carbonyl (C=O) groups is 1. The van der Waals surface area contributed by atoms with Gasteiger partial charge in [0.25, 0.3) is 0 Å². The van der Waals surface area contributed by atoms with Crippen molar-refractivity contribution in [1.82, 2.24) is 5.32 Å². The molecule has 0 saturated heterocycles. The summed E-state index contributed by atoms with van der Waals surface area (Å²) in [5.74, 6) is 0.550. The summed E-state index contributed by atoms with van der Waals surface area (Å²) in [7, 11) is 1.45. The fourth-order valence-electron chi connectivity index (χ4n) is 1.75. The minimum atomic E-state index is -0.201. The van der Waals surface area contributed by atoms with Gasteiger partial charge in [0.05, 0.1) is 7.11 Å². The molecular formula is C14H19NO2S. The van der Waals surface area contributed by atoms with E-state index in [9.17, 15) is 4.79 Å². The molecule has 0 radical (unpaired) electrons. The first-order chi connectivity index (χ1) is 8.69. The Labute approximate surface area is 112 Å². The molecule has 1 atom stereocenters.